The Bertz CT molecular complexity index is 697. The number of methoxy groups -OCH3 is 1. The zero-order valence-electron chi connectivity index (χ0n) is 13.4. The van der Waals surface area contributed by atoms with Crippen LogP contribution in [0.4, 0.5) is 0 Å². The zero-order chi connectivity index (χ0) is 17.2. The second-order valence-corrected chi connectivity index (χ2v) is 7.85. The molecule has 0 radical (unpaired) electrons. The molecule has 2 rings (SSSR count). The molecule has 1 fully saturated rings. The molecule has 0 aromatic heterocycles. The average Bonchev–Trinajstić information content (AvgIpc) is 2.86. The molecule has 1 aliphatic rings. The molecule has 1 amide bonds. The van der Waals surface area contributed by atoms with Gasteiger partial charge in [-0.05, 0) is 30.7 Å². The fourth-order valence-corrected chi connectivity index (χ4v) is 4.33. The molecule has 23 heavy (non-hydrogen) atoms. The second kappa shape index (κ2) is 6.67. The minimum absolute atomic E-state index is 0.0306. The maximum atomic E-state index is 12.7. The van der Waals surface area contributed by atoms with Crippen molar-refractivity contribution in [2.24, 2.45) is 0 Å². The topological polar surface area (TPSA) is 84.0 Å². The third-order valence-corrected chi connectivity index (χ3v) is 5.50. The zero-order valence-corrected chi connectivity index (χ0v) is 14.2. The Morgan fingerprint density at radius 3 is 2.13 bits per heavy atom. The summed E-state index contributed by atoms with van der Waals surface area (Å²) in [6.07, 6.45) is 0.423. The number of esters is 1. The minimum Gasteiger partial charge on any atom is -0.465 e. The largest absolute Gasteiger partial charge is 0.465 e. The smallest absolute Gasteiger partial charge is 0.337 e. The van der Waals surface area contributed by atoms with E-state index in [1.54, 1.807) is 19.1 Å². The molecule has 1 aliphatic heterocycles. The lowest BCUT2D eigenvalue weighted by Gasteiger charge is -2.33. The molecule has 0 unspecified atom stereocenters. The highest BCUT2D eigenvalue weighted by atomic mass is 32.2. The molecule has 1 saturated heterocycles. The van der Waals surface area contributed by atoms with Crippen molar-refractivity contribution in [3.05, 3.63) is 35.4 Å². The summed E-state index contributed by atoms with van der Waals surface area (Å²) < 4.78 is 28.0. The number of hydrogen-bond acceptors (Lipinski definition) is 6. The number of hydrazine groups is 1. The van der Waals surface area contributed by atoms with Crippen molar-refractivity contribution in [3.63, 3.8) is 0 Å². The number of carbonyl (C=O) groups is 2. The normalized spacial score (nSPS) is 19.6. The van der Waals surface area contributed by atoms with Gasteiger partial charge in [0, 0.05) is 19.7 Å². The number of sulfone groups is 1. The van der Waals surface area contributed by atoms with Crippen molar-refractivity contribution in [2.75, 3.05) is 32.7 Å². The van der Waals surface area contributed by atoms with Gasteiger partial charge in [0.15, 0.2) is 9.84 Å². The van der Waals surface area contributed by atoms with Crippen LogP contribution < -0.4 is 0 Å². The summed E-state index contributed by atoms with van der Waals surface area (Å²) in [4.78, 5) is 24.1. The van der Waals surface area contributed by atoms with Gasteiger partial charge in [-0.2, -0.15) is 0 Å². The van der Waals surface area contributed by atoms with E-state index < -0.39 is 15.8 Å². The van der Waals surface area contributed by atoms with Gasteiger partial charge in [0.05, 0.1) is 30.2 Å². The third-order valence-electron chi connectivity index (χ3n) is 3.75. The quantitative estimate of drug-likeness (QED) is 0.589. The van der Waals surface area contributed by atoms with Crippen LogP contribution in [0.5, 0.6) is 0 Å². The van der Waals surface area contributed by atoms with Gasteiger partial charge in [-0.3, -0.25) is 9.80 Å². The summed E-state index contributed by atoms with van der Waals surface area (Å²) >= 11 is 0. The lowest BCUT2D eigenvalue weighted by atomic mass is 10.1. The Labute approximate surface area is 135 Å². The Kier molecular flexibility index (Phi) is 5.06. The first kappa shape index (κ1) is 17.4. The summed E-state index contributed by atoms with van der Waals surface area (Å²) in [5.41, 5.74) is 0.736. The lowest BCUT2D eigenvalue weighted by molar-refractivity contribution is 0.000990. The summed E-state index contributed by atoms with van der Waals surface area (Å²) in [6, 6.07) is 5.72. The highest BCUT2D eigenvalue weighted by Gasteiger charge is 2.36. The molecule has 0 N–H and O–H groups in total. The van der Waals surface area contributed by atoms with Gasteiger partial charge in [-0.15, -0.1) is 0 Å². The molecule has 7 nitrogen and oxygen atoms in total. The first-order valence-electron chi connectivity index (χ1n) is 7.15. The number of hydrogen-bond donors (Lipinski definition) is 0. The molecular weight excluding hydrogens is 320 g/mol. The van der Waals surface area contributed by atoms with Crippen LogP contribution in [0, 0.1) is 0 Å². The van der Waals surface area contributed by atoms with E-state index >= 15 is 0 Å². The van der Waals surface area contributed by atoms with Crippen LogP contribution in [-0.2, 0) is 14.6 Å². The van der Waals surface area contributed by atoms with Crippen LogP contribution in [0.15, 0.2) is 24.3 Å². The van der Waals surface area contributed by atoms with E-state index in [9.17, 15) is 18.0 Å². The van der Waals surface area contributed by atoms with Gasteiger partial charge in [-0.25, -0.2) is 18.2 Å². The maximum absolute atomic E-state index is 12.7. The average molecular weight is 340 g/mol. The number of rotatable bonds is 4. The van der Waals surface area contributed by atoms with Gasteiger partial charge in [-0.1, -0.05) is 0 Å². The van der Waals surface area contributed by atoms with E-state index in [0.717, 1.165) is 0 Å². The van der Waals surface area contributed by atoms with E-state index in [1.165, 1.54) is 36.4 Å². The second-order valence-electron chi connectivity index (χ2n) is 5.62. The highest BCUT2D eigenvalue weighted by molar-refractivity contribution is 7.91. The predicted octanol–water partition coefficient (Wildman–Crippen LogP) is 0.579. The summed E-state index contributed by atoms with van der Waals surface area (Å²) in [6.45, 7) is 0. The monoisotopic (exact) mass is 340 g/mol. The van der Waals surface area contributed by atoms with Gasteiger partial charge in [0.2, 0.25) is 0 Å². The van der Waals surface area contributed by atoms with Crippen molar-refractivity contribution < 1.29 is 22.7 Å². The lowest BCUT2D eigenvalue weighted by Crippen LogP contribution is -2.49. The molecule has 1 aromatic carbocycles. The summed E-state index contributed by atoms with van der Waals surface area (Å²) in [5.74, 6) is -0.711. The fraction of sp³-hybridized carbons (Fsp3) is 0.467. The Morgan fingerprint density at radius 2 is 1.70 bits per heavy atom. The number of benzene rings is 1. The van der Waals surface area contributed by atoms with Crippen LogP contribution in [-0.4, -0.2) is 69.1 Å². The van der Waals surface area contributed by atoms with Crippen molar-refractivity contribution in [3.8, 4) is 0 Å². The highest BCUT2D eigenvalue weighted by Crippen LogP contribution is 2.21. The number of nitrogens with zero attached hydrogens (tertiary/aromatic N) is 2. The van der Waals surface area contributed by atoms with Crippen molar-refractivity contribution >= 4 is 21.7 Å². The van der Waals surface area contributed by atoms with Crippen LogP contribution in [0.3, 0.4) is 0 Å². The number of carbonyl (C=O) groups excluding carboxylic acids is 2. The first-order chi connectivity index (χ1) is 10.7. The van der Waals surface area contributed by atoms with Crippen molar-refractivity contribution in [1.29, 1.82) is 0 Å². The molecule has 0 spiro atoms. The van der Waals surface area contributed by atoms with Crippen molar-refractivity contribution in [2.45, 2.75) is 12.5 Å². The fourth-order valence-electron chi connectivity index (χ4n) is 2.64. The minimum atomic E-state index is -3.09. The van der Waals surface area contributed by atoms with Crippen LogP contribution in [0.25, 0.3) is 0 Å². The molecule has 1 aromatic rings. The maximum Gasteiger partial charge on any atom is 0.337 e. The van der Waals surface area contributed by atoms with Crippen LogP contribution in [0.2, 0.25) is 0 Å². The Hall–Kier alpha value is -1.93. The molecular formula is C15H20N2O5S. The van der Waals surface area contributed by atoms with E-state index in [0.29, 0.717) is 17.5 Å². The van der Waals surface area contributed by atoms with Gasteiger partial charge in [0.1, 0.15) is 0 Å². The predicted molar refractivity (Wildman–Crippen MR) is 84.7 cm³/mol. The molecule has 0 bridgehead atoms. The number of amides is 1. The van der Waals surface area contributed by atoms with Crippen molar-refractivity contribution in [1.82, 2.24) is 10.0 Å². The van der Waals surface area contributed by atoms with Gasteiger partial charge in [0.25, 0.3) is 5.91 Å². The molecule has 8 heteroatoms. The Morgan fingerprint density at radius 1 is 1.13 bits per heavy atom. The molecule has 0 aliphatic carbocycles. The molecule has 126 valence electrons. The van der Waals surface area contributed by atoms with E-state index in [4.69, 9.17) is 0 Å². The standard InChI is InChI=1S/C15H20N2O5S/c1-16(2)17(13-8-9-23(20,21)10-13)14(18)11-4-6-12(7-5-11)15(19)22-3/h4-7,13H,8-10H2,1-3H3/t13-/m0/s1. The van der Waals surface area contributed by atoms with E-state index in [1.807, 2.05) is 0 Å². The van der Waals surface area contributed by atoms with Gasteiger partial charge < -0.3 is 4.74 Å². The molecule has 1 atom stereocenters. The third kappa shape index (κ3) is 3.89. The van der Waals surface area contributed by atoms with Crippen LogP contribution >= 0.6 is 0 Å². The summed E-state index contributed by atoms with van der Waals surface area (Å²) in [7, 11) is 1.59. The molecule has 0 saturated carbocycles. The molecule has 1 heterocycles. The number of ether oxygens (including phenoxy) is 1. The van der Waals surface area contributed by atoms with E-state index in [2.05, 4.69) is 4.74 Å². The first-order valence-corrected chi connectivity index (χ1v) is 8.97. The SMILES string of the molecule is COC(=O)c1ccc(C(=O)N([C@H]2CCS(=O)(=O)C2)N(C)C)cc1. The van der Waals surface area contributed by atoms with Crippen LogP contribution in [0.1, 0.15) is 27.1 Å². The van der Waals surface area contributed by atoms with Gasteiger partial charge >= 0.3 is 5.97 Å². The summed E-state index contributed by atoms with van der Waals surface area (Å²) in [5, 5.41) is 3.06. The van der Waals surface area contributed by atoms with E-state index in [-0.39, 0.29) is 23.5 Å². The Balaban J connectivity index is 2.23.